The van der Waals surface area contributed by atoms with Gasteiger partial charge in [0.05, 0.1) is 0 Å². The average molecular weight is 400 g/mol. The van der Waals surface area contributed by atoms with Gasteiger partial charge < -0.3 is 9.64 Å². The first kappa shape index (κ1) is 19.5. The third kappa shape index (κ3) is 5.84. The minimum atomic E-state index is -0.0298. The van der Waals surface area contributed by atoms with E-state index >= 15 is 0 Å². The van der Waals surface area contributed by atoms with Crippen LogP contribution in [-0.4, -0.2) is 23.5 Å². The molecule has 1 amide bonds. The van der Waals surface area contributed by atoms with Crippen molar-refractivity contribution < 1.29 is 9.53 Å². The SMILES string of the molecule is C[C@@H](Cc1cccs1)N(Cc1ccccc1)C(=O)COc1ccc(Cl)cc1. The van der Waals surface area contributed by atoms with Crippen molar-refractivity contribution >= 4 is 28.8 Å². The number of nitrogens with zero attached hydrogens (tertiary/aromatic N) is 1. The van der Waals surface area contributed by atoms with Crippen molar-refractivity contribution in [2.24, 2.45) is 0 Å². The highest BCUT2D eigenvalue weighted by Crippen LogP contribution is 2.18. The molecule has 0 fully saturated rings. The van der Waals surface area contributed by atoms with Crippen LogP contribution in [0.5, 0.6) is 5.75 Å². The van der Waals surface area contributed by atoms with Crippen molar-refractivity contribution in [1.82, 2.24) is 4.90 Å². The van der Waals surface area contributed by atoms with Gasteiger partial charge in [0.15, 0.2) is 6.61 Å². The van der Waals surface area contributed by atoms with E-state index < -0.39 is 0 Å². The lowest BCUT2D eigenvalue weighted by molar-refractivity contribution is -0.136. The molecule has 0 saturated carbocycles. The van der Waals surface area contributed by atoms with Crippen LogP contribution in [0.25, 0.3) is 0 Å². The van der Waals surface area contributed by atoms with Crippen LogP contribution in [0.4, 0.5) is 0 Å². The Morgan fingerprint density at radius 2 is 1.81 bits per heavy atom. The molecule has 0 N–H and O–H groups in total. The second kappa shape index (κ2) is 9.58. The fraction of sp³-hybridized carbons (Fsp3) is 0.227. The van der Waals surface area contributed by atoms with Crippen molar-refractivity contribution in [3.8, 4) is 5.75 Å². The normalized spacial score (nSPS) is 11.8. The molecule has 0 aliphatic carbocycles. The number of carbonyl (C=O) groups is 1. The van der Waals surface area contributed by atoms with E-state index in [1.807, 2.05) is 41.3 Å². The number of benzene rings is 2. The van der Waals surface area contributed by atoms with E-state index in [2.05, 4.69) is 18.4 Å². The summed E-state index contributed by atoms with van der Waals surface area (Å²) in [4.78, 5) is 16.1. The molecule has 140 valence electrons. The van der Waals surface area contributed by atoms with Gasteiger partial charge in [-0.2, -0.15) is 0 Å². The molecule has 27 heavy (non-hydrogen) atoms. The van der Waals surface area contributed by atoms with E-state index in [1.54, 1.807) is 35.6 Å². The zero-order valence-electron chi connectivity index (χ0n) is 15.2. The van der Waals surface area contributed by atoms with E-state index in [-0.39, 0.29) is 18.6 Å². The summed E-state index contributed by atoms with van der Waals surface area (Å²) in [5.74, 6) is 0.608. The smallest absolute Gasteiger partial charge is 0.261 e. The summed E-state index contributed by atoms with van der Waals surface area (Å²) in [5.41, 5.74) is 1.11. The van der Waals surface area contributed by atoms with E-state index in [1.165, 1.54) is 4.88 Å². The lowest BCUT2D eigenvalue weighted by Gasteiger charge is -2.29. The quantitative estimate of drug-likeness (QED) is 0.504. The maximum Gasteiger partial charge on any atom is 0.261 e. The topological polar surface area (TPSA) is 29.5 Å². The lowest BCUT2D eigenvalue weighted by atomic mass is 10.1. The average Bonchev–Trinajstić information content (AvgIpc) is 3.19. The van der Waals surface area contributed by atoms with Crippen LogP contribution in [0.2, 0.25) is 5.02 Å². The zero-order valence-corrected chi connectivity index (χ0v) is 16.7. The Morgan fingerprint density at radius 3 is 2.48 bits per heavy atom. The molecule has 1 heterocycles. The number of ether oxygens (including phenoxy) is 1. The molecular weight excluding hydrogens is 378 g/mol. The Balaban J connectivity index is 1.69. The van der Waals surface area contributed by atoms with Gasteiger partial charge in [-0.3, -0.25) is 4.79 Å². The number of amides is 1. The number of thiophene rings is 1. The molecule has 1 aromatic heterocycles. The number of hydrogen-bond donors (Lipinski definition) is 0. The van der Waals surface area contributed by atoms with Crippen LogP contribution in [0, 0.1) is 0 Å². The van der Waals surface area contributed by atoms with Crippen molar-refractivity contribution in [2.45, 2.75) is 25.9 Å². The molecule has 3 nitrogen and oxygen atoms in total. The van der Waals surface area contributed by atoms with E-state index in [4.69, 9.17) is 16.3 Å². The predicted octanol–water partition coefficient (Wildman–Crippen LogP) is 5.44. The summed E-state index contributed by atoms with van der Waals surface area (Å²) in [6, 6.07) is 21.3. The van der Waals surface area contributed by atoms with Gasteiger partial charge in [0, 0.05) is 28.9 Å². The molecule has 0 aliphatic rings. The van der Waals surface area contributed by atoms with Gasteiger partial charge in [-0.05, 0) is 48.2 Å². The first-order chi connectivity index (χ1) is 13.1. The van der Waals surface area contributed by atoms with Crippen molar-refractivity contribution in [2.75, 3.05) is 6.61 Å². The minimum absolute atomic E-state index is 0.00322. The van der Waals surface area contributed by atoms with Crippen LogP contribution in [0.3, 0.4) is 0 Å². The minimum Gasteiger partial charge on any atom is -0.484 e. The molecule has 0 aliphatic heterocycles. The van der Waals surface area contributed by atoms with Crippen molar-refractivity contribution in [1.29, 1.82) is 0 Å². The zero-order chi connectivity index (χ0) is 19.1. The molecule has 3 rings (SSSR count). The molecule has 1 atom stereocenters. The Hall–Kier alpha value is -2.30. The van der Waals surface area contributed by atoms with Gasteiger partial charge >= 0.3 is 0 Å². The molecule has 0 radical (unpaired) electrons. The van der Waals surface area contributed by atoms with Crippen LogP contribution in [-0.2, 0) is 17.8 Å². The summed E-state index contributed by atoms with van der Waals surface area (Å²) < 4.78 is 5.68. The van der Waals surface area contributed by atoms with Gasteiger partial charge in [-0.1, -0.05) is 48.0 Å². The van der Waals surface area contributed by atoms with E-state index in [9.17, 15) is 4.79 Å². The summed E-state index contributed by atoms with van der Waals surface area (Å²) in [5, 5.41) is 2.71. The van der Waals surface area contributed by atoms with Crippen molar-refractivity contribution in [3.05, 3.63) is 87.6 Å². The van der Waals surface area contributed by atoms with E-state index in [0.717, 1.165) is 12.0 Å². The van der Waals surface area contributed by atoms with Crippen LogP contribution >= 0.6 is 22.9 Å². The van der Waals surface area contributed by atoms with Crippen LogP contribution in [0.1, 0.15) is 17.4 Å². The van der Waals surface area contributed by atoms with Gasteiger partial charge in [0.25, 0.3) is 5.91 Å². The molecule has 0 unspecified atom stereocenters. The Bertz CT molecular complexity index is 835. The number of carbonyl (C=O) groups excluding carboxylic acids is 1. The first-order valence-corrected chi connectivity index (χ1v) is 10.1. The lowest BCUT2D eigenvalue weighted by Crippen LogP contribution is -2.41. The summed E-state index contributed by atoms with van der Waals surface area (Å²) in [6.07, 6.45) is 0.831. The van der Waals surface area contributed by atoms with Crippen molar-refractivity contribution in [3.63, 3.8) is 0 Å². The number of rotatable bonds is 8. The highest BCUT2D eigenvalue weighted by Gasteiger charge is 2.21. The highest BCUT2D eigenvalue weighted by molar-refractivity contribution is 7.09. The summed E-state index contributed by atoms with van der Waals surface area (Å²) >= 11 is 7.61. The van der Waals surface area contributed by atoms with Gasteiger partial charge in [-0.25, -0.2) is 0 Å². The van der Waals surface area contributed by atoms with Gasteiger partial charge in [0.2, 0.25) is 0 Å². The third-order valence-corrected chi connectivity index (χ3v) is 5.45. The maximum atomic E-state index is 12.9. The van der Waals surface area contributed by atoms with Gasteiger partial charge in [-0.15, -0.1) is 11.3 Å². The number of hydrogen-bond acceptors (Lipinski definition) is 3. The largest absolute Gasteiger partial charge is 0.484 e. The monoisotopic (exact) mass is 399 g/mol. The predicted molar refractivity (Wildman–Crippen MR) is 111 cm³/mol. The summed E-state index contributed by atoms with van der Waals surface area (Å²) in [7, 11) is 0. The number of halogens is 1. The maximum absolute atomic E-state index is 12.9. The summed E-state index contributed by atoms with van der Waals surface area (Å²) in [6.45, 7) is 2.66. The fourth-order valence-corrected chi connectivity index (χ4v) is 3.81. The van der Waals surface area contributed by atoms with Crippen LogP contribution < -0.4 is 4.74 Å². The molecule has 0 spiro atoms. The molecular formula is C22H22ClNO2S. The third-order valence-electron chi connectivity index (χ3n) is 4.30. The Labute approximate surface area is 169 Å². The van der Waals surface area contributed by atoms with E-state index in [0.29, 0.717) is 17.3 Å². The first-order valence-electron chi connectivity index (χ1n) is 8.86. The molecule has 3 aromatic rings. The second-order valence-electron chi connectivity index (χ2n) is 6.38. The highest BCUT2D eigenvalue weighted by atomic mass is 35.5. The fourth-order valence-electron chi connectivity index (χ4n) is 2.86. The molecule has 0 bridgehead atoms. The van der Waals surface area contributed by atoms with Gasteiger partial charge in [0.1, 0.15) is 5.75 Å². The standard InChI is InChI=1S/C22H22ClNO2S/c1-17(14-21-8-5-13-27-21)24(15-18-6-3-2-4-7-18)22(25)16-26-20-11-9-19(23)10-12-20/h2-13,17H,14-16H2,1H3/t17-/m0/s1. The second-order valence-corrected chi connectivity index (χ2v) is 7.85. The molecule has 5 heteroatoms. The Morgan fingerprint density at radius 1 is 1.07 bits per heavy atom. The molecule has 2 aromatic carbocycles. The Kier molecular flexibility index (Phi) is 6.91. The molecule has 0 saturated heterocycles. The van der Waals surface area contributed by atoms with Crippen LogP contribution in [0.15, 0.2) is 72.1 Å².